The van der Waals surface area contributed by atoms with Gasteiger partial charge in [-0.3, -0.25) is 4.79 Å². The van der Waals surface area contributed by atoms with Crippen molar-refractivity contribution in [1.29, 1.82) is 0 Å². The molecule has 0 bridgehead atoms. The van der Waals surface area contributed by atoms with Gasteiger partial charge in [0.2, 0.25) is 15.9 Å². The van der Waals surface area contributed by atoms with Crippen LogP contribution in [0.1, 0.15) is 18.1 Å². The standard InChI is InChI=1S/C18H21ClN2O3S/c1-13-5-4-6-14(2)18(13)21(15(3)22)12-11-20-25(23,24)17-9-7-16(19)8-10-17/h4-10,20H,11-12H2,1-3H3. The van der Waals surface area contributed by atoms with Gasteiger partial charge in [-0.2, -0.15) is 0 Å². The molecule has 0 spiro atoms. The number of hydrogen-bond acceptors (Lipinski definition) is 3. The van der Waals surface area contributed by atoms with Crippen molar-refractivity contribution in [3.8, 4) is 0 Å². The molecule has 0 unspecified atom stereocenters. The number of aryl methyl sites for hydroxylation is 2. The number of carbonyl (C=O) groups is 1. The highest BCUT2D eigenvalue weighted by molar-refractivity contribution is 7.89. The van der Waals surface area contributed by atoms with Gasteiger partial charge in [-0.25, -0.2) is 13.1 Å². The zero-order valence-corrected chi connectivity index (χ0v) is 16.0. The monoisotopic (exact) mass is 380 g/mol. The fourth-order valence-corrected chi connectivity index (χ4v) is 3.79. The molecule has 0 radical (unpaired) electrons. The first-order valence-corrected chi connectivity index (χ1v) is 9.68. The molecule has 134 valence electrons. The van der Waals surface area contributed by atoms with Crippen molar-refractivity contribution in [2.24, 2.45) is 0 Å². The summed E-state index contributed by atoms with van der Waals surface area (Å²) < 4.78 is 27.1. The molecular weight excluding hydrogens is 360 g/mol. The van der Waals surface area contributed by atoms with Gasteiger partial charge < -0.3 is 4.90 Å². The van der Waals surface area contributed by atoms with E-state index < -0.39 is 10.0 Å². The second-order valence-electron chi connectivity index (χ2n) is 5.76. The van der Waals surface area contributed by atoms with Crippen molar-refractivity contribution in [3.05, 3.63) is 58.6 Å². The Kier molecular flexibility index (Phi) is 6.21. The minimum Gasteiger partial charge on any atom is -0.311 e. The van der Waals surface area contributed by atoms with Gasteiger partial charge in [-0.1, -0.05) is 29.8 Å². The average molecular weight is 381 g/mol. The van der Waals surface area contributed by atoms with E-state index in [1.165, 1.54) is 31.2 Å². The van der Waals surface area contributed by atoms with Gasteiger partial charge in [0.05, 0.1) is 4.90 Å². The third-order valence-electron chi connectivity index (χ3n) is 3.84. The number of nitrogens with one attached hydrogen (secondary N) is 1. The first kappa shape index (κ1) is 19.4. The van der Waals surface area contributed by atoms with Gasteiger partial charge >= 0.3 is 0 Å². The van der Waals surface area contributed by atoms with Crippen LogP contribution in [-0.4, -0.2) is 27.4 Å². The van der Waals surface area contributed by atoms with Crippen LogP contribution in [0.25, 0.3) is 0 Å². The minimum absolute atomic E-state index is 0.109. The van der Waals surface area contributed by atoms with Crippen LogP contribution in [0.5, 0.6) is 0 Å². The van der Waals surface area contributed by atoms with Gasteiger partial charge in [0, 0.05) is 30.7 Å². The Balaban J connectivity index is 2.12. The number of para-hydroxylation sites is 1. The molecule has 7 heteroatoms. The van der Waals surface area contributed by atoms with Crippen LogP contribution in [0.4, 0.5) is 5.69 Å². The van der Waals surface area contributed by atoms with Crippen LogP contribution in [0.2, 0.25) is 5.02 Å². The van der Waals surface area contributed by atoms with E-state index >= 15 is 0 Å². The molecule has 0 saturated heterocycles. The minimum atomic E-state index is -3.65. The second kappa shape index (κ2) is 7.99. The van der Waals surface area contributed by atoms with E-state index in [1.54, 1.807) is 4.90 Å². The summed E-state index contributed by atoms with van der Waals surface area (Å²) in [5.74, 6) is -0.136. The molecule has 0 aliphatic heterocycles. The molecule has 0 aliphatic carbocycles. The molecule has 0 atom stereocenters. The van der Waals surface area contributed by atoms with Crippen molar-refractivity contribution in [3.63, 3.8) is 0 Å². The van der Waals surface area contributed by atoms with E-state index in [9.17, 15) is 13.2 Å². The maximum atomic E-state index is 12.3. The van der Waals surface area contributed by atoms with Crippen LogP contribution in [0.3, 0.4) is 0 Å². The highest BCUT2D eigenvalue weighted by Gasteiger charge is 2.18. The van der Waals surface area contributed by atoms with E-state index in [0.717, 1.165) is 16.8 Å². The van der Waals surface area contributed by atoms with E-state index in [4.69, 9.17) is 11.6 Å². The van der Waals surface area contributed by atoms with Gasteiger partial charge in [-0.05, 0) is 49.2 Å². The summed E-state index contributed by atoms with van der Waals surface area (Å²) in [7, 11) is -3.65. The van der Waals surface area contributed by atoms with E-state index in [1.807, 2.05) is 32.0 Å². The number of nitrogens with zero attached hydrogens (tertiary/aromatic N) is 1. The van der Waals surface area contributed by atoms with Crippen molar-refractivity contribution in [1.82, 2.24) is 4.72 Å². The second-order valence-corrected chi connectivity index (χ2v) is 7.97. The number of hydrogen-bond donors (Lipinski definition) is 1. The Morgan fingerprint density at radius 3 is 2.16 bits per heavy atom. The molecule has 2 aromatic rings. The van der Waals surface area contributed by atoms with Crippen molar-refractivity contribution < 1.29 is 13.2 Å². The fourth-order valence-electron chi connectivity index (χ4n) is 2.65. The third kappa shape index (κ3) is 4.81. The lowest BCUT2D eigenvalue weighted by atomic mass is 10.1. The largest absolute Gasteiger partial charge is 0.311 e. The molecule has 5 nitrogen and oxygen atoms in total. The topological polar surface area (TPSA) is 66.5 Å². The van der Waals surface area contributed by atoms with Crippen LogP contribution in [0.15, 0.2) is 47.4 Å². The van der Waals surface area contributed by atoms with Gasteiger partial charge in [0.15, 0.2) is 0 Å². The molecule has 2 aromatic carbocycles. The Morgan fingerprint density at radius 1 is 1.08 bits per heavy atom. The van der Waals surface area contributed by atoms with Crippen molar-refractivity contribution >= 4 is 33.2 Å². The van der Waals surface area contributed by atoms with Crippen molar-refractivity contribution in [2.45, 2.75) is 25.7 Å². The maximum absolute atomic E-state index is 12.3. The van der Waals surface area contributed by atoms with Crippen LogP contribution < -0.4 is 9.62 Å². The molecule has 1 N–H and O–H groups in total. The number of benzene rings is 2. The predicted molar refractivity (Wildman–Crippen MR) is 101 cm³/mol. The smallest absolute Gasteiger partial charge is 0.240 e. The summed E-state index contributed by atoms with van der Waals surface area (Å²) in [5, 5.41) is 0.469. The molecule has 1 amide bonds. The number of anilines is 1. The molecule has 0 aliphatic rings. The average Bonchev–Trinajstić information content (AvgIpc) is 2.53. The Morgan fingerprint density at radius 2 is 1.64 bits per heavy atom. The SMILES string of the molecule is CC(=O)N(CCNS(=O)(=O)c1ccc(Cl)cc1)c1c(C)cccc1C. The Labute approximate surface area is 153 Å². The molecule has 2 rings (SSSR count). The normalized spacial score (nSPS) is 11.4. The van der Waals surface area contributed by atoms with E-state index in [-0.39, 0.29) is 23.9 Å². The van der Waals surface area contributed by atoms with Gasteiger partial charge in [0.1, 0.15) is 0 Å². The van der Waals surface area contributed by atoms with E-state index in [0.29, 0.717) is 5.02 Å². The van der Waals surface area contributed by atoms with Gasteiger partial charge in [0.25, 0.3) is 0 Å². The molecule has 0 fully saturated rings. The predicted octanol–water partition coefficient (Wildman–Crippen LogP) is 3.29. The summed E-state index contributed by atoms with van der Waals surface area (Å²) in [5.41, 5.74) is 2.76. The van der Waals surface area contributed by atoms with Crippen molar-refractivity contribution in [2.75, 3.05) is 18.0 Å². The molecular formula is C18H21ClN2O3S. The van der Waals surface area contributed by atoms with Gasteiger partial charge in [-0.15, -0.1) is 0 Å². The Bertz CT molecular complexity index is 844. The van der Waals surface area contributed by atoms with Crippen LogP contribution >= 0.6 is 11.6 Å². The highest BCUT2D eigenvalue weighted by atomic mass is 35.5. The lowest BCUT2D eigenvalue weighted by Gasteiger charge is -2.25. The summed E-state index contributed by atoms with van der Waals surface area (Å²) in [6, 6.07) is 11.7. The molecule has 0 saturated carbocycles. The highest BCUT2D eigenvalue weighted by Crippen LogP contribution is 2.24. The maximum Gasteiger partial charge on any atom is 0.240 e. The number of sulfonamides is 1. The van der Waals surface area contributed by atoms with Crippen LogP contribution in [0, 0.1) is 13.8 Å². The summed E-state index contributed by atoms with van der Waals surface area (Å²) in [4.78, 5) is 13.8. The first-order valence-electron chi connectivity index (χ1n) is 7.82. The summed E-state index contributed by atoms with van der Waals surface area (Å²) >= 11 is 5.78. The zero-order chi connectivity index (χ0) is 18.6. The lowest BCUT2D eigenvalue weighted by Crippen LogP contribution is -2.38. The zero-order valence-electron chi connectivity index (χ0n) is 14.4. The number of halogens is 1. The summed E-state index contributed by atoms with van der Waals surface area (Å²) in [6.07, 6.45) is 0. The molecule has 0 aromatic heterocycles. The fraction of sp³-hybridized carbons (Fsp3) is 0.278. The lowest BCUT2D eigenvalue weighted by molar-refractivity contribution is -0.116. The number of amides is 1. The quantitative estimate of drug-likeness (QED) is 0.836. The van der Waals surface area contributed by atoms with E-state index in [2.05, 4.69) is 4.72 Å². The summed E-state index contributed by atoms with van der Waals surface area (Å²) in [6.45, 7) is 5.68. The van der Waals surface area contributed by atoms with Crippen LogP contribution in [-0.2, 0) is 14.8 Å². The number of carbonyl (C=O) groups excluding carboxylic acids is 1. The molecule has 25 heavy (non-hydrogen) atoms. The first-order chi connectivity index (χ1) is 11.7. The Hall–Kier alpha value is -1.89. The molecule has 0 heterocycles. The third-order valence-corrected chi connectivity index (χ3v) is 5.57. The number of rotatable bonds is 6.